The maximum absolute atomic E-state index is 6.02. The van der Waals surface area contributed by atoms with E-state index in [0.717, 1.165) is 30.2 Å². The third-order valence-electron chi connectivity index (χ3n) is 6.40. The van der Waals surface area contributed by atoms with Gasteiger partial charge in [0.2, 0.25) is 0 Å². The number of rotatable bonds is 4. The molecule has 1 heterocycles. The van der Waals surface area contributed by atoms with Crippen LogP contribution in [0.15, 0.2) is 60.0 Å². The Bertz CT molecular complexity index is 733. The topological polar surface area (TPSA) is 12.5 Å². The molecule has 1 fully saturated rings. The van der Waals surface area contributed by atoms with E-state index in [1.807, 2.05) is 19.2 Å². The summed E-state index contributed by atoms with van der Waals surface area (Å²) in [6, 6.07) is 8.91. The average Bonchev–Trinajstić information content (AvgIpc) is 2.67. The first-order valence-electron chi connectivity index (χ1n) is 9.81. The highest BCUT2D eigenvalue weighted by Gasteiger charge is 2.41. The van der Waals surface area contributed by atoms with E-state index in [1.54, 1.807) is 5.70 Å². The monoisotopic (exact) mass is 369 g/mol. The number of halogens is 1. The van der Waals surface area contributed by atoms with Crippen LogP contribution in [-0.4, -0.2) is 24.6 Å². The van der Waals surface area contributed by atoms with Crippen LogP contribution in [0, 0.1) is 17.8 Å². The number of methoxy groups -OCH3 is 1. The molecule has 2 nitrogen and oxygen atoms in total. The van der Waals surface area contributed by atoms with E-state index >= 15 is 0 Å². The van der Waals surface area contributed by atoms with Crippen LogP contribution in [0.5, 0.6) is 0 Å². The minimum absolute atomic E-state index is 0.519. The van der Waals surface area contributed by atoms with E-state index in [4.69, 9.17) is 16.3 Å². The molecule has 1 aromatic carbocycles. The van der Waals surface area contributed by atoms with E-state index in [0.29, 0.717) is 23.8 Å². The van der Waals surface area contributed by atoms with Crippen LogP contribution in [0.4, 0.5) is 0 Å². The first kappa shape index (κ1) is 17.7. The summed E-state index contributed by atoms with van der Waals surface area (Å²) >= 11 is 6.02. The summed E-state index contributed by atoms with van der Waals surface area (Å²) in [6.45, 7) is 3.46. The van der Waals surface area contributed by atoms with Crippen molar-refractivity contribution < 1.29 is 4.74 Å². The van der Waals surface area contributed by atoms with Crippen molar-refractivity contribution in [3.8, 4) is 0 Å². The second kappa shape index (κ2) is 7.52. The van der Waals surface area contributed by atoms with Gasteiger partial charge in [-0.2, -0.15) is 0 Å². The van der Waals surface area contributed by atoms with Gasteiger partial charge >= 0.3 is 0 Å². The number of allylic oxidation sites excluding steroid dienone is 6. The fourth-order valence-corrected chi connectivity index (χ4v) is 5.11. The zero-order valence-corrected chi connectivity index (χ0v) is 16.5. The highest BCUT2D eigenvalue weighted by Crippen LogP contribution is 2.47. The standard InChI is InChI=1S/C23H28ClNO/c1-16-6-11-20-19-4-3-5-23(26-2)21(19)12-13-22(20)25(16)15-14-17-7-9-18(24)10-8-17/h3-5,7-10,13,16,19-21H,6,11-12,14-15H2,1-2H3/t16?,19?,20-,21?/m0/s1. The molecule has 0 aromatic heterocycles. The molecule has 0 bridgehead atoms. The van der Waals surface area contributed by atoms with Gasteiger partial charge in [-0.15, -0.1) is 0 Å². The molecule has 0 amide bonds. The minimum atomic E-state index is 0.519. The van der Waals surface area contributed by atoms with Crippen LogP contribution in [0.1, 0.15) is 31.7 Å². The molecule has 0 spiro atoms. The molecule has 138 valence electrons. The van der Waals surface area contributed by atoms with Crippen LogP contribution in [0.2, 0.25) is 5.02 Å². The lowest BCUT2D eigenvalue weighted by Crippen LogP contribution is -2.46. The van der Waals surface area contributed by atoms with Gasteiger partial charge in [0.15, 0.2) is 0 Å². The predicted octanol–water partition coefficient (Wildman–Crippen LogP) is 5.60. The number of nitrogens with zero attached hydrogens (tertiary/aromatic N) is 1. The van der Waals surface area contributed by atoms with Gasteiger partial charge < -0.3 is 9.64 Å². The van der Waals surface area contributed by atoms with E-state index < -0.39 is 0 Å². The lowest BCUT2D eigenvalue weighted by Gasteiger charge is -2.49. The molecule has 0 N–H and O–H groups in total. The van der Waals surface area contributed by atoms with Crippen molar-refractivity contribution in [1.29, 1.82) is 0 Å². The van der Waals surface area contributed by atoms with Crippen molar-refractivity contribution in [3.05, 3.63) is 70.6 Å². The van der Waals surface area contributed by atoms with Crippen molar-refractivity contribution in [3.63, 3.8) is 0 Å². The molecule has 26 heavy (non-hydrogen) atoms. The Labute approximate surface area is 162 Å². The lowest BCUT2D eigenvalue weighted by molar-refractivity contribution is 0.112. The van der Waals surface area contributed by atoms with Gasteiger partial charge in [0, 0.05) is 35.1 Å². The highest BCUT2D eigenvalue weighted by molar-refractivity contribution is 6.30. The van der Waals surface area contributed by atoms with Crippen LogP contribution in [0.3, 0.4) is 0 Å². The normalized spacial score (nSPS) is 30.2. The predicted molar refractivity (Wildman–Crippen MR) is 108 cm³/mol. The number of hydrogen-bond donors (Lipinski definition) is 0. The molecule has 1 aliphatic heterocycles. The molecule has 4 atom stereocenters. The summed E-state index contributed by atoms with van der Waals surface area (Å²) in [4.78, 5) is 2.66. The van der Waals surface area contributed by atoms with E-state index in [9.17, 15) is 0 Å². The number of ether oxygens (including phenoxy) is 1. The molecular formula is C23H28ClNO. The zero-order chi connectivity index (χ0) is 18.1. The first-order valence-corrected chi connectivity index (χ1v) is 10.2. The maximum Gasteiger partial charge on any atom is 0.0995 e. The van der Waals surface area contributed by atoms with Crippen molar-refractivity contribution in [2.45, 2.75) is 38.6 Å². The summed E-state index contributed by atoms with van der Waals surface area (Å²) in [5.74, 6) is 2.88. The molecule has 1 saturated heterocycles. The smallest absolute Gasteiger partial charge is 0.0995 e. The average molecular weight is 370 g/mol. The Balaban J connectivity index is 1.52. The van der Waals surface area contributed by atoms with Gasteiger partial charge in [0.25, 0.3) is 0 Å². The number of hydrogen-bond acceptors (Lipinski definition) is 2. The molecule has 1 aromatic rings. The maximum atomic E-state index is 6.02. The summed E-state index contributed by atoms with van der Waals surface area (Å²) in [7, 11) is 1.81. The van der Waals surface area contributed by atoms with Crippen LogP contribution >= 0.6 is 11.6 Å². The highest BCUT2D eigenvalue weighted by atomic mass is 35.5. The van der Waals surface area contributed by atoms with Gasteiger partial charge in [0.1, 0.15) is 0 Å². The second-order valence-corrected chi connectivity index (χ2v) is 8.25. The molecule has 0 radical (unpaired) electrons. The van der Waals surface area contributed by atoms with Crippen LogP contribution < -0.4 is 0 Å². The van der Waals surface area contributed by atoms with E-state index in [1.165, 1.54) is 18.4 Å². The summed E-state index contributed by atoms with van der Waals surface area (Å²) in [5.41, 5.74) is 2.93. The van der Waals surface area contributed by atoms with E-state index in [2.05, 4.69) is 48.3 Å². The van der Waals surface area contributed by atoms with Gasteiger partial charge in [-0.3, -0.25) is 0 Å². The third-order valence-corrected chi connectivity index (χ3v) is 6.65. The van der Waals surface area contributed by atoms with Gasteiger partial charge in [-0.05, 0) is 62.3 Å². The number of piperidine rings is 1. The quantitative estimate of drug-likeness (QED) is 0.684. The van der Waals surface area contributed by atoms with Gasteiger partial charge in [-0.25, -0.2) is 0 Å². The van der Waals surface area contributed by atoms with Crippen molar-refractivity contribution in [2.75, 3.05) is 13.7 Å². The summed E-state index contributed by atoms with van der Waals surface area (Å²) in [6.07, 6.45) is 14.0. The van der Waals surface area contributed by atoms with Crippen LogP contribution in [0.25, 0.3) is 0 Å². The Kier molecular flexibility index (Phi) is 5.13. The minimum Gasteiger partial charge on any atom is -0.501 e. The fraction of sp³-hybridized carbons (Fsp3) is 0.478. The summed E-state index contributed by atoms with van der Waals surface area (Å²) in [5, 5.41) is 0.812. The molecule has 3 heteroatoms. The van der Waals surface area contributed by atoms with Crippen molar-refractivity contribution in [1.82, 2.24) is 4.90 Å². The molecule has 2 aliphatic carbocycles. The molecule has 3 unspecified atom stereocenters. The number of fused-ring (bicyclic) bond motifs is 3. The van der Waals surface area contributed by atoms with Gasteiger partial charge in [0.05, 0.1) is 12.9 Å². The zero-order valence-electron chi connectivity index (χ0n) is 15.7. The molecule has 4 rings (SSSR count). The molecule has 3 aliphatic rings. The second-order valence-electron chi connectivity index (χ2n) is 7.81. The Morgan fingerprint density at radius 1 is 1.15 bits per heavy atom. The fourth-order valence-electron chi connectivity index (χ4n) is 4.98. The Hall–Kier alpha value is -1.67. The third kappa shape index (κ3) is 3.32. The SMILES string of the molecule is COC1=CC=CC2C1CC=C1[C@H]2CCC(C)N1CCc1ccc(Cl)cc1. The molecular weight excluding hydrogens is 342 g/mol. The largest absolute Gasteiger partial charge is 0.501 e. The molecule has 0 saturated carbocycles. The lowest BCUT2D eigenvalue weighted by atomic mass is 9.67. The van der Waals surface area contributed by atoms with E-state index in [-0.39, 0.29) is 0 Å². The van der Waals surface area contributed by atoms with Crippen LogP contribution in [-0.2, 0) is 11.2 Å². The number of likely N-dealkylation sites (tertiary alicyclic amines) is 1. The van der Waals surface area contributed by atoms with Gasteiger partial charge in [-0.1, -0.05) is 42.0 Å². The Morgan fingerprint density at radius 3 is 2.73 bits per heavy atom. The Morgan fingerprint density at radius 2 is 1.96 bits per heavy atom. The first-order chi connectivity index (χ1) is 12.7. The van der Waals surface area contributed by atoms with Crippen molar-refractivity contribution in [2.24, 2.45) is 17.8 Å². The summed E-state index contributed by atoms with van der Waals surface area (Å²) < 4.78 is 5.66. The van der Waals surface area contributed by atoms with Crippen molar-refractivity contribution >= 4 is 11.6 Å². The number of benzene rings is 1.